The second kappa shape index (κ2) is 5.67. The van der Waals surface area contributed by atoms with Gasteiger partial charge >= 0.3 is 6.18 Å². The summed E-state index contributed by atoms with van der Waals surface area (Å²) < 4.78 is 39.7. The molecule has 1 aromatic heterocycles. The lowest BCUT2D eigenvalue weighted by molar-refractivity contribution is -0.140. The summed E-state index contributed by atoms with van der Waals surface area (Å²) in [6.45, 7) is -1.43. The van der Waals surface area contributed by atoms with Gasteiger partial charge in [0, 0.05) is 16.8 Å². The van der Waals surface area contributed by atoms with Gasteiger partial charge in [0.1, 0.15) is 12.2 Å². The highest BCUT2D eigenvalue weighted by Crippen LogP contribution is 2.25. The molecule has 2 aromatic rings. The van der Waals surface area contributed by atoms with Gasteiger partial charge in [0.05, 0.1) is 22.6 Å². The average molecular weight is 360 g/mol. The Kier molecular flexibility index (Phi) is 3.55. The monoisotopic (exact) mass is 360 g/mol. The third-order valence-electron chi connectivity index (χ3n) is 4.09. The first-order valence-corrected chi connectivity index (χ1v) is 7.57. The standard InChI is InChI=1S/C17H11F3N4O2/c18-17(19,20)9-23-14-7-10(13-3-1-2-6-24(13)26)4-5-11(14)15-12(16(23)25)8-21-22-15/h1-8,26H,9H2/b13-10-. The van der Waals surface area contributed by atoms with E-state index >= 15 is 0 Å². The number of hydrogen-bond acceptors (Lipinski definition) is 5. The van der Waals surface area contributed by atoms with Crippen LogP contribution < -0.4 is 16.0 Å². The van der Waals surface area contributed by atoms with E-state index in [0.29, 0.717) is 20.9 Å². The van der Waals surface area contributed by atoms with Crippen LogP contribution in [0.15, 0.2) is 57.7 Å². The van der Waals surface area contributed by atoms with Crippen LogP contribution in [-0.4, -0.2) is 21.0 Å². The predicted octanol–water partition coefficient (Wildman–Crippen LogP) is 2.28. The Hall–Kier alpha value is -3.20. The van der Waals surface area contributed by atoms with Crippen LogP contribution in [0.25, 0.3) is 22.8 Å². The molecule has 132 valence electrons. The van der Waals surface area contributed by atoms with E-state index in [9.17, 15) is 23.2 Å². The van der Waals surface area contributed by atoms with E-state index in [-0.39, 0.29) is 16.4 Å². The maximum Gasteiger partial charge on any atom is 0.406 e. The van der Waals surface area contributed by atoms with E-state index in [1.807, 2.05) is 0 Å². The highest BCUT2D eigenvalue weighted by atomic mass is 19.4. The number of hydrogen-bond donors (Lipinski definition) is 1. The van der Waals surface area contributed by atoms with Gasteiger partial charge < -0.3 is 0 Å². The number of hydroxylamine groups is 2. The lowest BCUT2D eigenvalue weighted by Crippen LogP contribution is -2.38. The lowest BCUT2D eigenvalue weighted by Gasteiger charge is -2.17. The Morgan fingerprint density at radius 3 is 2.73 bits per heavy atom. The van der Waals surface area contributed by atoms with Gasteiger partial charge in [0.2, 0.25) is 0 Å². The molecule has 0 unspecified atom stereocenters. The maximum atomic E-state index is 13.0. The fourth-order valence-corrected chi connectivity index (χ4v) is 2.98. The third kappa shape index (κ3) is 2.62. The number of aromatic nitrogens is 1. The van der Waals surface area contributed by atoms with E-state index in [4.69, 9.17) is 0 Å². The zero-order valence-electron chi connectivity index (χ0n) is 13.1. The van der Waals surface area contributed by atoms with Crippen LogP contribution in [0.3, 0.4) is 0 Å². The molecule has 0 atom stereocenters. The fraction of sp³-hybridized carbons (Fsp3) is 0.118. The summed E-state index contributed by atoms with van der Waals surface area (Å²) in [7, 11) is 0. The van der Waals surface area contributed by atoms with Gasteiger partial charge in [-0.05, 0) is 24.3 Å². The van der Waals surface area contributed by atoms with Crippen LogP contribution in [0, 0.1) is 0 Å². The molecule has 0 radical (unpaired) electrons. The summed E-state index contributed by atoms with van der Waals surface area (Å²) in [4.78, 5) is 12.5. The molecule has 9 heteroatoms. The Morgan fingerprint density at radius 2 is 2.00 bits per heavy atom. The predicted molar refractivity (Wildman–Crippen MR) is 87.8 cm³/mol. The molecule has 2 aliphatic heterocycles. The Bertz CT molecular complexity index is 1190. The van der Waals surface area contributed by atoms with Gasteiger partial charge in [-0.15, -0.1) is 5.11 Å². The molecular weight excluding hydrogens is 349 g/mol. The number of allylic oxidation sites excluding steroid dienone is 2. The molecule has 2 aliphatic rings. The lowest BCUT2D eigenvalue weighted by atomic mass is 10.1. The van der Waals surface area contributed by atoms with Crippen LogP contribution >= 0.6 is 0 Å². The van der Waals surface area contributed by atoms with Crippen molar-refractivity contribution in [3.63, 3.8) is 0 Å². The molecule has 6 nitrogen and oxygen atoms in total. The highest BCUT2D eigenvalue weighted by molar-refractivity contribution is 5.91. The van der Waals surface area contributed by atoms with Crippen molar-refractivity contribution in [3.05, 3.63) is 63.4 Å². The fourth-order valence-electron chi connectivity index (χ4n) is 2.98. The number of azo groups is 1. The van der Waals surface area contributed by atoms with Crippen molar-refractivity contribution >= 4 is 28.5 Å². The largest absolute Gasteiger partial charge is 0.406 e. The molecule has 1 N–H and O–H groups in total. The van der Waals surface area contributed by atoms with Crippen molar-refractivity contribution < 1.29 is 18.4 Å². The second-order valence-electron chi connectivity index (χ2n) is 5.78. The molecule has 0 aliphatic carbocycles. The van der Waals surface area contributed by atoms with Crippen molar-refractivity contribution in [1.82, 2.24) is 9.63 Å². The molecular formula is C17H11F3N4O2. The molecule has 0 saturated carbocycles. The number of nitrogens with zero attached hydrogens (tertiary/aromatic N) is 4. The highest BCUT2D eigenvalue weighted by Gasteiger charge is 2.30. The van der Waals surface area contributed by atoms with Gasteiger partial charge in [-0.3, -0.25) is 14.6 Å². The van der Waals surface area contributed by atoms with Gasteiger partial charge in [0.25, 0.3) is 5.56 Å². The van der Waals surface area contributed by atoms with Gasteiger partial charge in [-0.2, -0.15) is 18.3 Å². The molecule has 3 heterocycles. The van der Waals surface area contributed by atoms with E-state index in [0.717, 1.165) is 11.3 Å². The molecule has 26 heavy (non-hydrogen) atoms. The third-order valence-corrected chi connectivity index (χ3v) is 4.09. The molecule has 1 aromatic carbocycles. The first kappa shape index (κ1) is 16.3. The molecule has 0 amide bonds. The molecule has 0 spiro atoms. The Balaban J connectivity index is 2.10. The summed E-state index contributed by atoms with van der Waals surface area (Å²) in [5, 5.41) is 19.2. The quantitative estimate of drug-likeness (QED) is 0.848. The zero-order valence-corrected chi connectivity index (χ0v) is 13.1. The Labute approximate surface area is 143 Å². The molecule has 0 bridgehead atoms. The number of fused-ring (bicyclic) bond motifs is 3. The van der Waals surface area contributed by atoms with E-state index in [1.165, 1.54) is 12.3 Å². The van der Waals surface area contributed by atoms with Crippen LogP contribution in [0.1, 0.15) is 0 Å². The van der Waals surface area contributed by atoms with Gasteiger partial charge in [0.15, 0.2) is 0 Å². The van der Waals surface area contributed by atoms with Gasteiger partial charge in [-0.1, -0.05) is 12.1 Å². The smallest absolute Gasteiger partial charge is 0.298 e. The number of rotatable bonds is 1. The minimum absolute atomic E-state index is 0.0337. The number of halogens is 3. The normalized spacial score (nSPS) is 17.8. The molecule has 0 fully saturated rings. The minimum atomic E-state index is -4.57. The summed E-state index contributed by atoms with van der Waals surface area (Å²) in [5.74, 6) is 0. The number of alkyl halides is 3. The van der Waals surface area contributed by atoms with Crippen molar-refractivity contribution in [2.24, 2.45) is 10.2 Å². The molecule has 0 saturated heterocycles. The summed E-state index contributed by atoms with van der Waals surface area (Å²) in [5.41, 5.74) is -0.118. The van der Waals surface area contributed by atoms with Crippen molar-refractivity contribution in [3.8, 4) is 0 Å². The van der Waals surface area contributed by atoms with Crippen LogP contribution in [0.5, 0.6) is 0 Å². The first-order valence-electron chi connectivity index (χ1n) is 7.57. The summed E-state index contributed by atoms with van der Waals surface area (Å²) >= 11 is 0. The number of benzene rings is 1. The van der Waals surface area contributed by atoms with Crippen LogP contribution in [-0.2, 0) is 6.54 Å². The van der Waals surface area contributed by atoms with Crippen molar-refractivity contribution in [2.45, 2.75) is 12.7 Å². The number of pyridine rings is 1. The van der Waals surface area contributed by atoms with Crippen LogP contribution in [0.4, 0.5) is 18.9 Å². The zero-order chi connectivity index (χ0) is 18.5. The van der Waals surface area contributed by atoms with Crippen LogP contribution in [0.2, 0.25) is 0 Å². The second-order valence-corrected chi connectivity index (χ2v) is 5.78. The topological polar surface area (TPSA) is 70.2 Å². The van der Waals surface area contributed by atoms with Gasteiger partial charge in [-0.25, -0.2) is 5.06 Å². The molecule has 4 rings (SSSR count). The summed E-state index contributed by atoms with van der Waals surface area (Å²) in [6, 6.07) is 4.64. The maximum absolute atomic E-state index is 13.0. The van der Waals surface area contributed by atoms with E-state index in [2.05, 4.69) is 10.2 Å². The SMILES string of the molecule is O=c1c2c(c3cc/c(=C4\C=CC=CN4O)cc3n1CC(F)(F)F)N=NC=2. The minimum Gasteiger partial charge on any atom is -0.298 e. The first-order chi connectivity index (χ1) is 12.3. The van der Waals surface area contributed by atoms with E-state index in [1.54, 1.807) is 30.4 Å². The van der Waals surface area contributed by atoms with Crippen molar-refractivity contribution in [1.29, 1.82) is 0 Å². The average Bonchev–Trinajstić information content (AvgIpc) is 3.08. The van der Waals surface area contributed by atoms with Crippen molar-refractivity contribution in [2.75, 3.05) is 0 Å². The summed E-state index contributed by atoms with van der Waals surface area (Å²) in [6.07, 6.45) is 2.88. The Morgan fingerprint density at radius 1 is 1.19 bits per heavy atom. The van der Waals surface area contributed by atoms with E-state index < -0.39 is 18.3 Å².